The molecule has 2 rings (SSSR count). The Balaban J connectivity index is 1.87. The van der Waals surface area contributed by atoms with E-state index in [0.29, 0.717) is 6.54 Å². The van der Waals surface area contributed by atoms with Gasteiger partial charge in [0.15, 0.2) is 0 Å². The molecular formula is C16H18FNO. The average Bonchev–Trinajstić information content (AvgIpc) is 2.46. The van der Waals surface area contributed by atoms with Crippen LogP contribution < -0.4 is 10.1 Å². The maximum atomic E-state index is 12.8. The Morgan fingerprint density at radius 3 is 2.37 bits per heavy atom. The molecule has 2 aromatic rings. The number of nitrogens with one attached hydrogen (secondary N) is 1. The summed E-state index contributed by atoms with van der Waals surface area (Å²) < 4.78 is 18.7. The van der Waals surface area contributed by atoms with Crippen LogP contribution in [0, 0.1) is 5.82 Å². The van der Waals surface area contributed by atoms with Crippen molar-refractivity contribution in [3.8, 4) is 5.75 Å². The predicted octanol–water partition coefficient (Wildman–Crippen LogP) is 4.10. The predicted molar refractivity (Wildman–Crippen MR) is 76.0 cm³/mol. The molecule has 0 saturated carbocycles. The standard InChI is InChI=1S/C16H18FNO/c1-2-15(19-16-6-4-3-5-7-16)12-18-14-10-8-13(17)9-11-14/h3-11,15,18H,2,12H2,1H3. The van der Waals surface area contributed by atoms with E-state index in [2.05, 4.69) is 12.2 Å². The van der Waals surface area contributed by atoms with E-state index in [4.69, 9.17) is 4.74 Å². The van der Waals surface area contributed by atoms with Crippen LogP contribution in [0.3, 0.4) is 0 Å². The van der Waals surface area contributed by atoms with Crippen molar-refractivity contribution in [3.63, 3.8) is 0 Å². The Hall–Kier alpha value is -2.03. The van der Waals surface area contributed by atoms with Gasteiger partial charge in [0.2, 0.25) is 0 Å². The highest BCUT2D eigenvalue weighted by molar-refractivity contribution is 5.42. The van der Waals surface area contributed by atoms with E-state index in [1.54, 1.807) is 12.1 Å². The molecule has 0 amide bonds. The second kappa shape index (κ2) is 6.78. The third-order valence-electron chi connectivity index (χ3n) is 2.88. The second-order valence-corrected chi connectivity index (χ2v) is 4.35. The van der Waals surface area contributed by atoms with Gasteiger partial charge in [-0.1, -0.05) is 25.1 Å². The van der Waals surface area contributed by atoms with E-state index in [1.807, 2.05) is 30.3 Å². The first-order chi connectivity index (χ1) is 9.28. The zero-order valence-electron chi connectivity index (χ0n) is 11.0. The Morgan fingerprint density at radius 1 is 1.05 bits per heavy atom. The average molecular weight is 259 g/mol. The summed E-state index contributed by atoms with van der Waals surface area (Å²) >= 11 is 0. The van der Waals surface area contributed by atoms with Gasteiger partial charge in [-0.2, -0.15) is 0 Å². The lowest BCUT2D eigenvalue weighted by Crippen LogP contribution is -2.25. The monoisotopic (exact) mass is 259 g/mol. The molecule has 0 bridgehead atoms. The van der Waals surface area contributed by atoms with Crippen molar-refractivity contribution in [1.82, 2.24) is 0 Å². The van der Waals surface area contributed by atoms with Crippen molar-refractivity contribution in [3.05, 3.63) is 60.4 Å². The summed E-state index contributed by atoms with van der Waals surface area (Å²) in [6, 6.07) is 16.1. The third kappa shape index (κ3) is 4.28. The lowest BCUT2D eigenvalue weighted by atomic mass is 10.2. The number of rotatable bonds is 6. The molecule has 0 radical (unpaired) electrons. The zero-order chi connectivity index (χ0) is 13.5. The molecule has 0 fully saturated rings. The van der Waals surface area contributed by atoms with E-state index in [0.717, 1.165) is 17.9 Å². The third-order valence-corrected chi connectivity index (χ3v) is 2.88. The molecule has 0 aromatic heterocycles. The summed E-state index contributed by atoms with van der Waals surface area (Å²) in [7, 11) is 0. The molecule has 0 saturated heterocycles. The summed E-state index contributed by atoms with van der Waals surface area (Å²) in [5.41, 5.74) is 0.900. The number of hydrogen-bond acceptors (Lipinski definition) is 2. The van der Waals surface area contributed by atoms with Crippen LogP contribution in [0.4, 0.5) is 10.1 Å². The van der Waals surface area contributed by atoms with Gasteiger partial charge in [0.25, 0.3) is 0 Å². The summed E-state index contributed by atoms with van der Waals surface area (Å²) in [5, 5.41) is 3.25. The van der Waals surface area contributed by atoms with Crippen LogP contribution in [-0.2, 0) is 0 Å². The van der Waals surface area contributed by atoms with E-state index in [1.165, 1.54) is 12.1 Å². The summed E-state index contributed by atoms with van der Waals surface area (Å²) in [6.45, 7) is 2.77. The largest absolute Gasteiger partial charge is 0.489 e. The van der Waals surface area contributed by atoms with Crippen LogP contribution in [0.25, 0.3) is 0 Å². The fraction of sp³-hybridized carbons (Fsp3) is 0.250. The first-order valence-electron chi connectivity index (χ1n) is 6.49. The molecular weight excluding hydrogens is 241 g/mol. The van der Waals surface area contributed by atoms with Gasteiger partial charge in [0.1, 0.15) is 17.7 Å². The van der Waals surface area contributed by atoms with Crippen molar-refractivity contribution >= 4 is 5.69 Å². The van der Waals surface area contributed by atoms with E-state index >= 15 is 0 Å². The van der Waals surface area contributed by atoms with Gasteiger partial charge in [0, 0.05) is 5.69 Å². The first kappa shape index (κ1) is 13.4. The van der Waals surface area contributed by atoms with E-state index in [9.17, 15) is 4.39 Å². The van der Waals surface area contributed by atoms with Crippen LogP contribution in [-0.4, -0.2) is 12.6 Å². The number of anilines is 1. The number of para-hydroxylation sites is 1. The molecule has 100 valence electrons. The van der Waals surface area contributed by atoms with Crippen LogP contribution in [0.5, 0.6) is 5.75 Å². The number of ether oxygens (including phenoxy) is 1. The van der Waals surface area contributed by atoms with E-state index < -0.39 is 0 Å². The molecule has 1 unspecified atom stereocenters. The number of hydrogen-bond donors (Lipinski definition) is 1. The lowest BCUT2D eigenvalue weighted by Gasteiger charge is -2.18. The normalized spacial score (nSPS) is 11.9. The van der Waals surface area contributed by atoms with Gasteiger partial charge in [-0.3, -0.25) is 0 Å². The Labute approximate surface area is 113 Å². The zero-order valence-corrected chi connectivity index (χ0v) is 11.0. The van der Waals surface area contributed by atoms with Crippen LogP contribution >= 0.6 is 0 Å². The summed E-state index contributed by atoms with van der Waals surface area (Å²) in [5.74, 6) is 0.647. The molecule has 2 aromatic carbocycles. The molecule has 19 heavy (non-hydrogen) atoms. The molecule has 0 spiro atoms. The topological polar surface area (TPSA) is 21.3 Å². The Bertz CT molecular complexity index is 484. The number of benzene rings is 2. The minimum Gasteiger partial charge on any atom is -0.489 e. The molecule has 2 nitrogen and oxygen atoms in total. The van der Waals surface area contributed by atoms with Crippen molar-refractivity contribution in [2.75, 3.05) is 11.9 Å². The van der Waals surface area contributed by atoms with Gasteiger partial charge in [0.05, 0.1) is 6.54 Å². The molecule has 0 aliphatic heterocycles. The van der Waals surface area contributed by atoms with Gasteiger partial charge < -0.3 is 10.1 Å². The smallest absolute Gasteiger partial charge is 0.123 e. The van der Waals surface area contributed by atoms with Crippen LogP contribution in [0.15, 0.2) is 54.6 Å². The van der Waals surface area contributed by atoms with Gasteiger partial charge in [-0.05, 0) is 42.8 Å². The molecule has 1 N–H and O–H groups in total. The van der Waals surface area contributed by atoms with Gasteiger partial charge in [-0.15, -0.1) is 0 Å². The van der Waals surface area contributed by atoms with Crippen molar-refractivity contribution < 1.29 is 9.13 Å². The SMILES string of the molecule is CCC(CNc1ccc(F)cc1)Oc1ccccc1. The maximum Gasteiger partial charge on any atom is 0.123 e. The van der Waals surface area contributed by atoms with Crippen LogP contribution in [0.2, 0.25) is 0 Å². The van der Waals surface area contributed by atoms with Crippen LogP contribution in [0.1, 0.15) is 13.3 Å². The summed E-state index contributed by atoms with van der Waals surface area (Å²) in [4.78, 5) is 0. The molecule has 1 atom stereocenters. The molecule has 0 heterocycles. The first-order valence-corrected chi connectivity index (χ1v) is 6.49. The Morgan fingerprint density at radius 2 is 1.74 bits per heavy atom. The van der Waals surface area contributed by atoms with Crippen molar-refractivity contribution in [2.24, 2.45) is 0 Å². The second-order valence-electron chi connectivity index (χ2n) is 4.35. The summed E-state index contributed by atoms with van der Waals surface area (Å²) in [6.07, 6.45) is 0.996. The highest BCUT2D eigenvalue weighted by Crippen LogP contribution is 2.14. The molecule has 3 heteroatoms. The number of halogens is 1. The minimum atomic E-state index is -0.224. The van der Waals surface area contributed by atoms with Crippen molar-refractivity contribution in [1.29, 1.82) is 0 Å². The van der Waals surface area contributed by atoms with E-state index in [-0.39, 0.29) is 11.9 Å². The minimum absolute atomic E-state index is 0.0902. The quantitative estimate of drug-likeness (QED) is 0.843. The van der Waals surface area contributed by atoms with Gasteiger partial charge in [-0.25, -0.2) is 4.39 Å². The van der Waals surface area contributed by atoms with Crippen molar-refractivity contribution in [2.45, 2.75) is 19.4 Å². The van der Waals surface area contributed by atoms with Gasteiger partial charge >= 0.3 is 0 Å². The fourth-order valence-corrected chi connectivity index (χ4v) is 1.76. The lowest BCUT2D eigenvalue weighted by molar-refractivity contribution is 0.210. The highest BCUT2D eigenvalue weighted by atomic mass is 19.1. The fourth-order valence-electron chi connectivity index (χ4n) is 1.76. The molecule has 0 aliphatic carbocycles. The highest BCUT2D eigenvalue weighted by Gasteiger charge is 2.07. The maximum absolute atomic E-state index is 12.8. The Kier molecular flexibility index (Phi) is 4.78. The molecule has 0 aliphatic rings.